The van der Waals surface area contributed by atoms with Crippen LogP contribution in [0.4, 0.5) is 18.9 Å². The van der Waals surface area contributed by atoms with E-state index in [0.29, 0.717) is 31.4 Å². The van der Waals surface area contributed by atoms with E-state index < -0.39 is 11.7 Å². The highest BCUT2D eigenvalue weighted by Gasteiger charge is 2.33. The van der Waals surface area contributed by atoms with Gasteiger partial charge in [0.05, 0.1) is 5.56 Å². The van der Waals surface area contributed by atoms with E-state index in [4.69, 9.17) is 0 Å². The summed E-state index contributed by atoms with van der Waals surface area (Å²) in [6.45, 7) is 1.68. The van der Waals surface area contributed by atoms with Gasteiger partial charge in [-0.3, -0.25) is 9.59 Å². The van der Waals surface area contributed by atoms with Gasteiger partial charge in [-0.1, -0.05) is 12.8 Å². The molecule has 1 aromatic carbocycles. The van der Waals surface area contributed by atoms with Crippen LogP contribution in [0.2, 0.25) is 0 Å². The summed E-state index contributed by atoms with van der Waals surface area (Å²) >= 11 is 0. The van der Waals surface area contributed by atoms with Gasteiger partial charge in [-0.25, -0.2) is 0 Å². The Balaban J connectivity index is 1.49. The van der Waals surface area contributed by atoms with Gasteiger partial charge in [0.2, 0.25) is 11.8 Å². The largest absolute Gasteiger partial charge is 0.416 e. The van der Waals surface area contributed by atoms with E-state index in [1.54, 1.807) is 0 Å². The summed E-state index contributed by atoms with van der Waals surface area (Å²) in [5.41, 5.74) is -0.376. The third-order valence-corrected chi connectivity index (χ3v) is 5.84. The number of nitrogens with zero attached hydrogens (tertiary/aromatic N) is 1. The Morgan fingerprint density at radius 3 is 1.93 bits per heavy atom. The molecule has 1 saturated heterocycles. The Kier molecular flexibility index (Phi) is 6.62. The smallest absolute Gasteiger partial charge is 0.342 e. The lowest BCUT2D eigenvalue weighted by Gasteiger charge is -2.31. The molecular weight excluding hydrogens is 369 g/mol. The summed E-state index contributed by atoms with van der Waals surface area (Å²) in [4.78, 5) is 27.2. The molecule has 7 heteroatoms. The van der Waals surface area contributed by atoms with Crippen molar-refractivity contribution in [2.24, 2.45) is 11.8 Å². The number of rotatable bonds is 3. The van der Waals surface area contributed by atoms with Gasteiger partial charge in [-0.2, -0.15) is 13.2 Å². The van der Waals surface area contributed by atoms with Crippen LogP contribution >= 0.6 is 0 Å². The fourth-order valence-electron chi connectivity index (χ4n) is 4.14. The fourth-order valence-corrected chi connectivity index (χ4v) is 4.14. The SMILES string of the molecule is O=C(Nc1ccc(C(F)(F)F)cc1)C1CCC(C(=O)N2CCCCCC2)CC1. The van der Waals surface area contributed by atoms with Crippen LogP contribution < -0.4 is 5.32 Å². The van der Waals surface area contributed by atoms with Gasteiger partial charge < -0.3 is 10.2 Å². The molecule has 0 spiro atoms. The van der Waals surface area contributed by atoms with Crippen molar-refractivity contribution in [3.05, 3.63) is 29.8 Å². The molecule has 4 nitrogen and oxygen atoms in total. The number of benzene rings is 1. The first-order valence-electron chi connectivity index (χ1n) is 10.1. The van der Waals surface area contributed by atoms with E-state index in [1.807, 2.05) is 4.90 Å². The highest BCUT2D eigenvalue weighted by molar-refractivity contribution is 5.92. The minimum atomic E-state index is -4.39. The van der Waals surface area contributed by atoms with Crippen LogP contribution in [0.5, 0.6) is 0 Å². The van der Waals surface area contributed by atoms with Crippen LogP contribution in [0, 0.1) is 11.8 Å². The second kappa shape index (κ2) is 8.97. The van der Waals surface area contributed by atoms with Crippen LogP contribution in [0.15, 0.2) is 24.3 Å². The Labute approximate surface area is 163 Å². The van der Waals surface area contributed by atoms with Crippen LogP contribution in [0.3, 0.4) is 0 Å². The normalized spacial score (nSPS) is 23.8. The zero-order valence-electron chi connectivity index (χ0n) is 15.9. The van der Waals surface area contributed by atoms with Crippen LogP contribution in [0.1, 0.15) is 56.9 Å². The molecule has 2 aliphatic rings. The van der Waals surface area contributed by atoms with E-state index in [-0.39, 0.29) is 23.7 Å². The fraction of sp³-hybridized carbons (Fsp3) is 0.619. The van der Waals surface area contributed by atoms with Crippen molar-refractivity contribution >= 4 is 17.5 Å². The topological polar surface area (TPSA) is 49.4 Å². The average Bonchev–Trinajstić information content (AvgIpc) is 2.97. The number of carbonyl (C=O) groups is 2. The Morgan fingerprint density at radius 1 is 0.857 bits per heavy atom. The number of hydrogen-bond acceptors (Lipinski definition) is 2. The van der Waals surface area contributed by atoms with Gasteiger partial charge in [-0.05, 0) is 62.8 Å². The maximum atomic E-state index is 12.7. The van der Waals surface area contributed by atoms with Crippen molar-refractivity contribution in [2.45, 2.75) is 57.5 Å². The number of carbonyl (C=O) groups excluding carboxylic acids is 2. The number of alkyl halides is 3. The maximum Gasteiger partial charge on any atom is 0.416 e. The van der Waals surface area contributed by atoms with Gasteiger partial charge in [0.1, 0.15) is 0 Å². The van der Waals surface area contributed by atoms with Crippen LogP contribution in [0.25, 0.3) is 0 Å². The lowest BCUT2D eigenvalue weighted by molar-refractivity contribution is -0.138. The first kappa shape index (κ1) is 20.7. The molecule has 1 aliphatic carbocycles. The number of halogens is 3. The monoisotopic (exact) mass is 396 g/mol. The minimum absolute atomic E-state index is 0.00628. The van der Waals surface area contributed by atoms with Gasteiger partial charge in [0.15, 0.2) is 0 Å². The molecule has 3 rings (SSSR count). The predicted molar refractivity (Wildman–Crippen MR) is 101 cm³/mol. The molecule has 0 radical (unpaired) electrons. The molecule has 0 atom stereocenters. The molecule has 0 aromatic heterocycles. The summed E-state index contributed by atoms with van der Waals surface area (Å²) < 4.78 is 37.8. The van der Waals surface area contributed by atoms with Crippen molar-refractivity contribution in [3.8, 4) is 0 Å². The third-order valence-electron chi connectivity index (χ3n) is 5.84. The second-order valence-corrected chi connectivity index (χ2v) is 7.85. The first-order valence-corrected chi connectivity index (χ1v) is 10.1. The van der Waals surface area contributed by atoms with Gasteiger partial charge in [-0.15, -0.1) is 0 Å². The summed E-state index contributed by atoms with van der Waals surface area (Å²) in [5, 5.41) is 2.70. The minimum Gasteiger partial charge on any atom is -0.342 e. The Morgan fingerprint density at radius 2 is 1.39 bits per heavy atom. The Bertz CT molecular complexity index is 672. The summed E-state index contributed by atoms with van der Waals surface area (Å²) in [7, 11) is 0. The highest BCUT2D eigenvalue weighted by atomic mass is 19.4. The standard InChI is InChI=1S/C21H27F3N2O2/c22-21(23,24)17-9-11-18(12-10-17)25-19(27)15-5-7-16(8-6-15)20(28)26-13-3-1-2-4-14-26/h9-12,15-16H,1-8,13-14H2,(H,25,27). The molecule has 1 aliphatic heterocycles. The predicted octanol–water partition coefficient (Wildman–Crippen LogP) is 4.85. The second-order valence-electron chi connectivity index (χ2n) is 7.85. The zero-order chi connectivity index (χ0) is 20.1. The number of hydrogen-bond donors (Lipinski definition) is 1. The van der Waals surface area contributed by atoms with Crippen molar-refractivity contribution in [2.75, 3.05) is 18.4 Å². The highest BCUT2D eigenvalue weighted by Crippen LogP contribution is 2.32. The van der Waals surface area contributed by atoms with Gasteiger partial charge in [0, 0.05) is 30.6 Å². The summed E-state index contributed by atoms with van der Waals surface area (Å²) in [6.07, 6.45) is 2.77. The molecule has 1 heterocycles. The molecule has 1 N–H and O–H groups in total. The molecule has 1 aromatic rings. The van der Waals surface area contributed by atoms with E-state index >= 15 is 0 Å². The lowest BCUT2D eigenvalue weighted by Crippen LogP contribution is -2.39. The molecule has 2 amide bonds. The molecular formula is C21H27F3N2O2. The molecule has 28 heavy (non-hydrogen) atoms. The lowest BCUT2D eigenvalue weighted by atomic mass is 9.81. The summed E-state index contributed by atoms with van der Waals surface area (Å²) in [6, 6.07) is 4.48. The van der Waals surface area contributed by atoms with Crippen LogP contribution in [-0.2, 0) is 15.8 Å². The summed E-state index contributed by atoms with van der Waals surface area (Å²) in [5.74, 6) is -0.160. The van der Waals surface area contributed by atoms with Gasteiger partial charge >= 0.3 is 6.18 Å². The quantitative estimate of drug-likeness (QED) is 0.794. The van der Waals surface area contributed by atoms with Crippen molar-refractivity contribution < 1.29 is 22.8 Å². The number of nitrogens with one attached hydrogen (secondary N) is 1. The number of likely N-dealkylation sites (tertiary alicyclic amines) is 1. The third kappa shape index (κ3) is 5.26. The maximum absolute atomic E-state index is 12.7. The average molecular weight is 396 g/mol. The van der Waals surface area contributed by atoms with E-state index in [1.165, 1.54) is 25.0 Å². The van der Waals surface area contributed by atoms with E-state index in [0.717, 1.165) is 38.1 Å². The molecule has 1 saturated carbocycles. The zero-order valence-corrected chi connectivity index (χ0v) is 15.9. The van der Waals surface area contributed by atoms with Crippen molar-refractivity contribution in [3.63, 3.8) is 0 Å². The molecule has 0 unspecified atom stereocenters. The van der Waals surface area contributed by atoms with Gasteiger partial charge in [0.25, 0.3) is 0 Å². The number of amides is 2. The van der Waals surface area contributed by atoms with E-state index in [9.17, 15) is 22.8 Å². The van der Waals surface area contributed by atoms with Crippen molar-refractivity contribution in [1.29, 1.82) is 0 Å². The van der Waals surface area contributed by atoms with E-state index in [2.05, 4.69) is 5.32 Å². The molecule has 154 valence electrons. The molecule has 2 fully saturated rings. The molecule has 0 bridgehead atoms. The first-order chi connectivity index (χ1) is 13.3. The number of anilines is 1. The Hall–Kier alpha value is -2.05. The van der Waals surface area contributed by atoms with Crippen LogP contribution in [-0.4, -0.2) is 29.8 Å². The van der Waals surface area contributed by atoms with Crippen molar-refractivity contribution in [1.82, 2.24) is 4.90 Å².